The molecule has 2 aromatic rings. The average Bonchev–Trinajstić information content (AvgIpc) is 2.77. The van der Waals surface area contributed by atoms with Crippen molar-refractivity contribution in [1.29, 1.82) is 0 Å². The van der Waals surface area contributed by atoms with Gasteiger partial charge in [0.1, 0.15) is 10.7 Å². The second-order valence-corrected chi connectivity index (χ2v) is 10.4. The summed E-state index contributed by atoms with van der Waals surface area (Å²) in [6.45, 7) is 5.57. The zero-order valence-corrected chi connectivity index (χ0v) is 19.2. The smallest absolute Gasteiger partial charge is 0.244 e. The number of sulfonamides is 1. The van der Waals surface area contributed by atoms with Crippen molar-refractivity contribution in [2.45, 2.75) is 31.1 Å². The van der Waals surface area contributed by atoms with Crippen LogP contribution in [-0.4, -0.2) is 62.0 Å². The van der Waals surface area contributed by atoms with E-state index in [1.54, 1.807) is 19.2 Å². The van der Waals surface area contributed by atoms with Gasteiger partial charge in [-0.15, -0.1) is 0 Å². The number of aromatic nitrogens is 2. The summed E-state index contributed by atoms with van der Waals surface area (Å²) >= 11 is 12.3. The van der Waals surface area contributed by atoms with Gasteiger partial charge in [-0.3, -0.25) is 0 Å². The molecule has 2 aliphatic rings. The Morgan fingerprint density at radius 1 is 0.900 bits per heavy atom. The molecule has 0 amide bonds. The first-order valence-corrected chi connectivity index (χ1v) is 12.3. The summed E-state index contributed by atoms with van der Waals surface area (Å²) < 4.78 is 27.7. The monoisotopic (exact) mass is 469 g/mol. The summed E-state index contributed by atoms with van der Waals surface area (Å²) in [7, 11) is -3.69. The standard InChI is InChI=1S/C20H25Cl2N5O2S/c1-15-13-18(17(22)14-16(15)21)30(28,29)27-11-9-25(10-12-27)19-5-6-23-20(24-19)26-7-3-2-4-8-26/h5-6,13-14H,2-4,7-12H2,1H3. The van der Waals surface area contributed by atoms with Gasteiger partial charge in [0, 0.05) is 50.5 Å². The topological polar surface area (TPSA) is 69.6 Å². The minimum Gasteiger partial charge on any atom is -0.354 e. The fourth-order valence-corrected chi connectivity index (χ4v) is 6.12. The fraction of sp³-hybridized carbons (Fsp3) is 0.500. The molecule has 162 valence electrons. The van der Waals surface area contributed by atoms with E-state index in [1.165, 1.54) is 16.8 Å². The van der Waals surface area contributed by atoms with E-state index in [-0.39, 0.29) is 9.92 Å². The van der Waals surface area contributed by atoms with Crippen molar-refractivity contribution in [1.82, 2.24) is 14.3 Å². The first-order valence-electron chi connectivity index (χ1n) is 10.1. The predicted molar refractivity (Wildman–Crippen MR) is 120 cm³/mol. The Hall–Kier alpha value is -1.61. The molecular formula is C20H25Cl2N5O2S. The van der Waals surface area contributed by atoms with E-state index in [1.807, 2.05) is 6.07 Å². The molecule has 0 N–H and O–H groups in total. The van der Waals surface area contributed by atoms with Crippen LogP contribution in [0.1, 0.15) is 24.8 Å². The number of rotatable bonds is 4. The number of aryl methyl sites for hydroxylation is 1. The average molecular weight is 470 g/mol. The largest absolute Gasteiger partial charge is 0.354 e. The zero-order chi connectivity index (χ0) is 21.3. The van der Waals surface area contributed by atoms with Gasteiger partial charge in [-0.05, 0) is 49.9 Å². The van der Waals surface area contributed by atoms with Crippen LogP contribution in [0.2, 0.25) is 10.0 Å². The Labute approximate surface area is 187 Å². The van der Waals surface area contributed by atoms with Gasteiger partial charge in [0.05, 0.1) is 5.02 Å². The minimum atomic E-state index is -3.69. The van der Waals surface area contributed by atoms with Gasteiger partial charge >= 0.3 is 0 Å². The maximum atomic E-state index is 13.1. The summed E-state index contributed by atoms with van der Waals surface area (Å²) in [5.74, 6) is 1.59. The lowest BCUT2D eigenvalue weighted by molar-refractivity contribution is 0.383. The highest BCUT2D eigenvalue weighted by Gasteiger charge is 2.31. The second kappa shape index (κ2) is 8.86. The Bertz CT molecular complexity index is 1020. The van der Waals surface area contributed by atoms with Crippen LogP contribution in [0.5, 0.6) is 0 Å². The van der Waals surface area contributed by atoms with Crippen molar-refractivity contribution in [3.8, 4) is 0 Å². The van der Waals surface area contributed by atoms with E-state index in [2.05, 4.69) is 14.8 Å². The van der Waals surface area contributed by atoms with Gasteiger partial charge in [-0.2, -0.15) is 9.29 Å². The maximum absolute atomic E-state index is 13.1. The zero-order valence-electron chi connectivity index (χ0n) is 16.9. The summed E-state index contributed by atoms with van der Waals surface area (Å²) in [6.07, 6.45) is 5.36. The first-order chi connectivity index (χ1) is 14.4. The minimum absolute atomic E-state index is 0.105. The number of benzene rings is 1. The van der Waals surface area contributed by atoms with E-state index < -0.39 is 10.0 Å². The fourth-order valence-electron chi connectivity index (χ4n) is 3.89. The van der Waals surface area contributed by atoms with Crippen LogP contribution in [0.3, 0.4) is 0 Å². The van der Waals surface area contributed by atoms with Crippen LogP contribution in [0.4, 0.5) is 11.8 Å². The first kappa shape index (κ1) is 21.6. The Kier molecular flexibility index (Phi) is 6.39. The summed E-state index contributed by atoms with van der Waals surface area (Å²) in [6, 6.07) is 4.92. The highest BCUT2D eigenvalue weighted by molar-refractivity contribution is 7.89. The third-order valence-electron chi connectivity index (χ3n) is 5.66. The van der Waals surface area contributed by atoms with Gasteiger partial charge in [0.25, 0.3) is 0 Å². The van der Waals surface area contributed by atoms with Gasteiger partial charge in [-0.1, -0.05) is 23.2 Å². The van der Waals surface area contributed by atoms with Crippen molar-refractivity contribution in [3.63, 3.8) is 0 Å². The van der Waals surface area contributed by atoms with E-state index in [4.69, 9.17) is 28.2 Å². The molecule has 10 heteroatoms. The van der Waals surface area contributed by atoms with Gasteiger partial charge in [0.2, 0.25) is 16.0 Å². The van der Waals surface area contributed by atoms with Gasteiger partial charge in [-0.25, -0.2) is 13.4 Å². The van der Waals surface area contributed by atoms with Crippen molar-refractivity contribution in [2.24, 2.45) is 0 Å². The molecular weight excluding hydrogens is 445 g/mol. The molecule has 3 heterocycles. The van der Waals surface area contributed by atoms with Crippen LogP contribution in [-0.2, 0) is 10.0 Å². The third kappa shape index (κ3) is 4.37. The summed E-state index contributed by atoms with van der Waals surface area (Å²) in [5, 5.41) is 0.604. The van der Waals surface area contributed by atoms with Gasteiger partial charge in [0.15, 0.2) is 0 Å². The molecule has 2 fully saturated rings. The Balaban J connectivity index is 1.47. The number of piperazine rings is 1. The van der Waals surface area contributed by atoms with Crippen LogP contribution in [0.15, 0.2) is 29.3 Å². The van der Waals surface area contributed by atoms with Crippen molar-refractivity contribution in [3.05, 3.63) is 40.0 Å². The summed E-state index contributed by atoms with van der Waals surface area (Å²) in [4.78, 5) is 13.6. The Morgan fingerprint density at radius 3 is 2.30 bits per heavy atom. The molecule has 30 heavy (non-hydrogen) atoms. The van der Waals surface area contributed by atoms with Crippen molar-refractivity contribution >= 4 is 45.0 Å². The van der Waals surface area contributed by atoms with E-state index in [0.29, 0.717) is 36.8 Å². The molecule has 0 spiro atoms. The SMILES string of the molecule is Cc1cc(S(=O)(=O)N2CCN(c3ccnc(N4CCCCC4)n3)CC2)c(Cl)cc1Cl. The van der Waals surface area contributed by atoms with Crippen molar-refractivity contribution < 1.29 is 8.42 Å². The molecule has 0 radical (unpaired) electrons. The molecule has 0 unspecified atom stereocenters. The quantitative estimate of drug-likeness (QED) is 0.681. The van der Waals surface area contributed by atoms with Gasteiger partial charge < -0.3 is 9.80 Å². The summed E-state index contributed by atoms with van der Waals surface area (Å²) in [5.41, 5.74) is 0.685. The van der Waals surface area contributed by atoms with Crippen molar-refractivity contribution in [2.75, 3.05) is 49.1 Å². The van der Waals surface area contributed by atoms with Crippen LogP contribution in [0.25, 0.3) is 0 Å². The van der Waals surface area contributed by atoms with Crippen LogP contribution < -0.4 is 9.80 Å². The predicted octanol–water partition coefficient (Wildman–Crippen LogP) is 3.59. The van der Waals surface area contributed by atoms with Crippen LogP contribution >= 0.6 is 23.2 Å². The number of hydrogen-bond donors (Lipinski definition) is 0. The third-order valence-corrected chi connectivity index (χ3v) is 8.43. The molecule has 0 atom stereocenters. The van der Waals surface area contributed by atoms with Crippen LogP contribution in [0, 0.1) is 6.92 Å². The number of anilines is 2. The molecule has 1 aromatic heterocycles. The molecule has 4 rings (SSSR count). The lowest BCUT2D eigenvalue weighted by atomic mass is 10.1. The number of halogens is 2. The number of nitrogens with zero attached hydrogens (tertiary/aromatic N) is 5. The molecule has 0 bridgehead atoms. The molecule has 1 aromatic carbocycles. The lowest BCUT2D eigenvalue weighted by Gasteiger charge is -2.35. The molecule has 0 aliphatic carbocycles. The molecule has 2 saturated heterocycles. The highest BCUT2D eigenvalue weighted by Crippen LogP contribution is 2.31. The van der Waals surface area contributed by atoms with E-state index in [0.717, 1.165) is 37.7 Å². The lowest BCUT2D eigenvalue weighted by Crippen LogP contribution is -2.49. The maximum Gasteiger partial charge on any atom is 0.244 e. The molecule has 7 nitrogen and oxygen atoms in total. The highest BCUT2D eigenvalue weighted by atomic mass is 35.5. The number of hydrogen-bond acceptors (Lipinski definition) is 6. The van der Waals surface area contributed by atoms with E-state index >= 15 is 0 Å². The van der Waals surface area contributed by atoms with E-state index in [9.17, 15) is 8.42 Å². The Morgan fingerprint density at radius 2 is 1.60 bits per heavy atom. The number of piperidine rings is 1. The molecule has 2 aliphatic heterocycles. The normalized spacial score (nSPS) is 18.6. The second-order valence-electron chi connectivity index (χ2n) is 7.69. The molecule has 0 saturated carbocycles.